The molecule has 3 aromatic rings. The van der Waals surface area contributed by atoms with Crippen molar-refractivity contribution >= 4 is 11.3 Å². The third kappa shape index (κ3) is 2.07. The monoisotopic (exact) mass is 251 g/mol. The first kappa shape index (κ1) is 11.2. The average Bonchev–Trinajstić information content (AvgIpc) is 2.90. The van der Waals surface area contributed by atoms with Crippen molar-refractivity contribution in [3.8, 4) is 21.0 Å². The molecule has 0 saturated heterocycles. The van der Waals surface area contributed by atoms with Crippen molar-refractivity contribution in [2.75, 3.05) is 0 Å². The summed E-state index contributed by atoms with van der Waals surface area (Å²) in [7, 11) is 0. The van der Waals surface area contributed by atoms with Gasteiger partial charge in [-0.2, -0.15) is 0 Å². The van der Waals surface area contributed by atoms with Crippen LogP contribution in [0.4, 0.5) is 0 Å². The zero-order valence-electron chi connectivity index (χ0n) is 10.1. The van der Waals surface area contributed by atoms with Gasteiger partial charge in [-0.1, -0.05) is 54.6 Å². The molecule has 0 amide bonds. The second-order valence-corrected chi connectivity index (χ2v) is 5.24. The van der Waals surface area contributed by atoms with Crippen molar-refractivity contribution < 1.29 is 0 Å². The summed E-state index contributed by atoms with van der Waals surface area (Å²) >= 11 is 1.74. The van der Waals surface area contributed by atoms with Gasteiger partial charge < -0.3 is 0 Å². The maximum Gasteiger partial charge on any atom is 0.124 e. The van der Waals surface area contributed by atoms with E-state index in [1.165, 1.54) is 21.6 Å². The highest BCUT2D eigenvalue weighted by atomic mass is 32.1. The number of hydrogen-bond acceptors (Lipinski definition) is 2. The van der Waals surface area contributed by atoms with Gasteiger partial charge in [0.2, 0.25) is 0 Å². The molecule has 0 saturated carbocycles. The number of aromatic nitrogens is 1. The van der Waals surface area contributed by atoms with Crippen LogP contribution in [0.1, 0.15) is 5.56 Å². The van der Waals surface area contributed by atoms with Crippen LogP contribution < -0.4 is 0 Å². The van der Waals surface area contributed by atoms with Crippen LogP contribution in [0.5, 0.6) is 0 Å². The minimum absolute atomic E-state index is 1.09. The average molecular weight is 251 g/mol. The summed E-state index contributed by atoms with van der Waals surface area (Å²) in [4.78, 5) is 5.76. The summed E-state index contributed by atoms with van der Waals surface area (Å²) in [5.74, 6) is 0. The Bertz CT molecular complexity index is 656. The van der Waals surface area contributed by atoms with E-state index in [-0.39, 0.29) is 0 Å². The molecule has 0 bridgehead atoms. The number of aryl methyl sites for hydroxylation is 1. The molecule has 0 radical (unpaired) electrons. The van der Waals surface area contributed by atoms with Crippen LogP contribution in [0, 0.1) is 6.92 Å². The van der Waals surface area contributed by atoms with Gasteiger partial charge in [-0.05, 0) is 18.1 Å². The predicted octanol–water partition coefficient (Wildman–Crippen LogP) is 4.79. The molecular weight excluding hydrogens is 238 g/mol. The topological polar surface area (TPSA) is 12.9 Å². The van der Waals surface area contributed by atoms with Gasteiger partial charge in [-0.25, -0.2) is 4.98 Å². The lowest BCUT2D eigenvalue weighted by Crippen LogP contribution is -1.79. The Morgan fingerprint density at radius 2 is 1.61 bits per heavy atom. The van der Waals surface area contributed by atoms with Crippen LogP contribution in [0.25, 0.3) is 21.0 Å². The van der Waals surface area contributed by atoms with Gasteiger partial charge in [-0.15, -0.1) is 11.3 Å². The molecule has 0 unspecified atom stereocenters. The Morgan fingerprint density at radius 3 is 2.39 bits per heavy atom. The lowest BCUT2D eigenvalue weighted by atomic mass is 10.1. The van der Waals surface area contributed by atoms with Crippen LogP contribution in [0.3, 0.4) is 0 Å². The highest BCUT2D eigenvalue weighted by molar-refractivity contribution is 7.18. The Hall–Kier alpha value is -1.93. The molecule has 3 rings (SSSR count). The van der Waals surface area contributed by atoms with E-state index in [9.17, 15) is 0 Å². The fraction of sp³-hybridized carbons (Fsp3) is 0.0625. The molecule has 0 spiro atoms. The van der Waals surface area contributed by atoms with Crippen LogP contribution in [-0.2, 0) is 0 Å². The molecule has 0 aliphatic carbocycles. The van der Waals surface area contributed by atoms with Crippen molar-refractivity contribution in [3.63, 3.8) is 0 Å². The van der Waals surface area contributed by atoms with Gasteiger partial charge in [-0.3, -0.25) is 0 Å². The first-order chi connectivity index (χ1) is 8.84. The predicted molar refractivity (Wildman–Crippen MR) is 77.7 cm³/mol. The summed E-state index contributed by atoms with van der Waals surface area (Å²) in [6.45, 7) is 2.12. The first-order valence-corrected chi connectivity index (χ1v) is 6.73. The molecule has 0 fully saturated rings. The maximum atomic E-state index is 4.54. The summed E-state index contributed by atoms with van der Waals surface area (Å²) in [5, 5.41) is 1.09. The van der Waals surface area contributed by atoms with E-state index < -0.39 is 0 Å². The molecule has 1 heterocycles. The minimum atomic E-state index is 1.09. The molecule has 2 heteroatoms. The van der Waals surface area contributed by atoms with Crippen molar-refractivity contribution in [2.24, 2.45) is 0 Å². The molecule has 18 heavy (non-hydrogen) atoms. The van der Waals surface area contributed by atoms with Crippen molar-refractivity contribution in [2.45, 2.75) is 6.92 Å². The number of hydrogen-bond donors (Lipinski definition) is 0. The zero-order chi connectivity index (χ0) is 12.4. The SMILES string of the molecule is Cc1ccccc1-c1ncc(-c2ccccc2)s1. The van der Waals surface area contributed by atoms with Crippen LogP contribution in [-0.4, -0.2) is 4.98 Å². The van der Waals surface area contributed by atoms with E-state index in [2.05, 4.69) is 60.4 Å². The zero-order valence-corrected chi connectivity index (χ0v) is 10.9. The first-order valence-electron chi connectivity index (χ1n) is 5.92. The van der Waals surface area contributed by atoms with E-state index in [0.29, 0.717) is 0 Å². The molecule has 0 aliphatic heterocycles. The molecule has 1 aromatic heterocycles. The lowest BCUT2D eigenvalue weighted by Gasteiger charge is -2.00. The van der Waals surface area contributed by atoms with E-state index in [0.717, 1.165) is 5.01 Å². The number of nitrogens with zero attached hydrogens (tertiary/aromatic N) is 1. The molecule has 1 nitrogen and oxygen atoms in total. The van der Waals surface area contributed by atoms with Crippen molar-refractivity contribution in [1.82, 2.24) is 4.98 Å². The highest BCUT2D eigenvalue weighted by Gasteiger charge is 2.07. The molecule has 0 atom stereocenters. The van der Waals surface area contributed by atoms with E-state index in [1.54, 1.807) is 11.3 Å². The quantitative estimate of drug-likeness (QED) is 0.638. The third-order valence-corrected chi connectivity index (χ3v) is 4.02. The molecule has 0 aliphatic rings. The second-order valence-electron chi connectivity index (χ2n) is 4.21. The van der Waals surface area contributed by atoms with Gasteiger partial charge in [0.25, 0.3) is 0 Å². The highest BCUT2D eigenvalue weighted by Crippen LogP contribution is 2.33. The summed E-state index contributed by atoms with van der Waals surface area (Å²) in [6.07, 6.45) is 1.96. The second kappa shape index (κ2) is 4.75. The van der Waals surface area contributed by atoms with Crippen molar-refractivity contribution in [1.29, 1.82) is 0 Å². The smallest absolute Gasteiger partial charge is 0.124 e. The fourth-order valence-corrected chi connectivity index (χ4v) is 2.96. The summed E-state index contributed by atoms with van der Waals surface area (Å²) < 4.78 is 0. The number of benzene rings is 2. The van der Waals surface area contributed by atoms with E-state index >= 15 is 0 Å². The van der Waals surface area contributed by atoms with Gasteiger partial charge in [0, 0.05) is 11.8 Å². The van der Waals surface area contributed by atoms with Crippen molar-refractivity contribution in [3.05, 3.63) is 66.4 Å². The summed E-state index contributed by atoms with van der Waals surface area (Å²) in [6, 6.07) is 18.8. The normalized spacial score (nSPS) is 10.5. The van der Waals surface area contributed by atoms with E-state index in [1.807, 2.05) is 12.3 Å². The lowest BCUT2D eigenvalue weighted by molar-refractivity contribution is 1.38. The van der Waals surface area contributed by atoms with Crippen LogP contribution in [0.15, 0.2) is 60.8 Å². The third-order valence-electron chi connectivity index (χ3n) is 2.94. The van der Waals surface area contributed by atoms with Crippen LogP contribution >= 0.6 is 11.3 Å². The Balaban J connectivity index is 2.03. The Morgan fingerprint density at radius 1 is 0.889 bits per heavy atom. The standard InChI is InChI=1S/C16H13NS/c1-12-7-5-6-10-14(12)16-17-11-15(18-16)13-8-3-2-4-9-13/h2-11H,1H3. The fourth-order valence-electron chi connectivity index (χ4n) is 1.95. The minimum Gasteiger partial charge on any atom is -0.244 e. The summed E-state index contributed by atoms with van der Waals surface area (Å²) in [5.41, 5.74) is 3.73. The van der Waals surface area contributed by atoms with Crippen LogP contribution in [0.2, 0.25) is 0 Å². The van der Waals surface area contributed by atoms with Gasteiger partial charge >= 0.3 is 0 Å². The number of thiazole rings is 1. The number of rotatable bonds is 2. The molecule has 0 N–H and O–H groups in total. The van der Waals surface area contributed by atoms with Gasteiger partial charge in [0.15, 0.2) is 0 Å². The van der Waals surface area contributed by atoms with Gasteiger partial charge in [0.1, 0.15) is 5.01 Å². The van der Waals surface area contributed by atoms with Gasteiger partial charge in [0.05, 0.1) is 4.88 Å². The van der Waals surface area contributed by atoms with E-state index in [4.69, 9.17) is 0 Å². The Labute approximate surface area is 111 Å². The molecular formula is C16H13NS. The molecule has 88 valence electrons. The molecule has 2 aromatic carbocycles. The largest absolute Gasteiger partial charge is 0.244 e. The maximum absolute atomic E-state index is 4.54. The Kier molecular flexibility index (Phi) is 2.95.